The SMILES string of the molecule is CCCCOc1ccc(C#C/C=C/[C@H]2CC[C@H](CCC)CC2)cc1. The Hall–Kier alpha value is -1.68. The van der Waals surface area contributed by atoms with E-state index < -0.39 is 0 Å². The Bertz CT molecular complexity index is 536. The number of rotatable bonds is 7. The lowest BCUT2D eigenvalue weighted by Crippen LogP contribution is -2.12. The van der Waals surface area contributed by atoms with Crippen molar-refractivity contribution in [1.29, 1.82) is 0 Å². The number of ether oxygens (including phenoxy) is 1. The summed E-state index contributed by atoms with van der Waals surface area (Å²) in [5, 5.41) is 0. The van der Waals surface area contributed by atoms with Gasteiger partial charge in [0, 0.05) is 5.56 Å². The van der Waals surface area contributed by atoms with Gasteiger partial charge in [-0.25, -0.2) is 0 Å². The Morgan fingerprint density at radius 3 is 2.46 bits per heavy atom. The van der Waals surface area contributed by atoms with Crippen LogP contribution in [-0.4, -0.2) is 6.61 Å². The Morgan fingerprint density at radius 1 is 1.04 bits per heavy atom. The summed E-state index contributed by atoms with van der Waals surface area (Å²) in [6, 6.07) is 8.10. The molecule has 1 aliphatic carbocycles. The molecule has 0 amide bonds. The van der Waals surface area contributed by atoms with Gasteiger partial charge in [0.25, 0.3) is 0 Å². The number of allylic oxidation sites excluding steroid dienone is 2. The molecule has 0 spiro atoms. The molecule has 0 aliphatic heterocycles. The van der Waals surface area contributed by atoms with Crippen molar-refractivity contribution >= 4 is 0 Å². The highest BCUT2D eigenvalue weighted by atomic mass is 16.5. The lowest BCUT2D eigenvalue weighted by atomic mass is 9.80. The van der Waals surface area contributed by atoms with Crippen LogP contribution in [0.2, 0.25) is 0 Å². The third-order valence-electron chi connectivity index (χ3n) is 4.88. The molecule has 1 aromatic rings. The molecule has 0 atom stereocenters. The Balaban J connectivity index is 1.74. The maximum absolute atomic E-state index is 5.67. The molecule has 1 saturated carbocycles. The monoisotopic (exact) mass is 324 g/mol. The highest BCUT2D eigenvalue weighted by Gasteiger charge is 2.18. The van der Waals surface area contributed by atoms with E-state index in [2.05, 4.69) is 37.8 Å². The van der Waals surface area contributed by atoms with Gasteiger partial charge in [-0.2, -0.15) is 0 Å². The fraction of sp³-hybridized carbons (Fsp3) is 0.565. The van der Waals surface area contributed by atoms with Crippen LogP contribution in [0.4, 0.5) is 0 Å². The van der Waals surface area contributed by atoms with E-state index in [1.165, 1.54) is 38.5 Å². The highest BCUT2D eigenvalue weighted by molar-refractivity contribution is 5.40. The first-order chi connectivity index (χ1) is 11.8. The van der Waals surface area contributed by atoms with Crippen molar-refractivity contribution in [2.45, 2.75) is 65.2 Å². The van der Waals surface area contributed by atoms with Crippen LogP contribution in [0.15, 0.2) is 36.4 Å². The molecule has 24 heavy (non-hydrogen) atoms. The first-order valence-corrected chi connectivity index (χ1v) is 9.72. The van der Waals surface area contributed by atoms with E-state index in [-0.39, 0.29) is 0 Å². The van der Waals surface area contributed by atoms with Gasteiger partial charge in [0.05, 0.1) is 6.61 Å². The largest absolute Gasteiger partial charge is 0.494 e. The molecular weight excluding hydrogens is 292 g/mol. The molecule has 1 aliphatic rings. The van der Waals surface area contributed by atoms with Gasteiger partial charge in [0.15, 0.2) is 0 Å². The van der Waals surface area contributed by atoms with Gasteiger partial charge in [0.2, 0.25) is 0 Å². The highest BCUT2D eigenvalue weighted by Crippen LogP contribution is 2.31. The van der Waals surface area contributed by atoms with Crippen molar-refractivity contribution in [3.8, 4) is 17.6 Å². The molecule has 0 heterocycles. The van der Waals surface area contributed by atoms with Crippen LogP contribution in [0.3, 0.4) is 0 Å². The fourth-order valence-corrected chi connectivity index (χ4v) is 3.36. The van der Waals surface area contributed by atoms with Crippen molar-refractivity contribution in [2.75, 3.05) is 6.61 Å². The molecule has 1 heteroatoms. The summed E-state index contributed by atoms with van der Waals surface area (Å²) >= 11 is 0. The second-order valence-electron chi connectivity index (χ2n) is 6.92. The first-order valence-electron chi connectivity index (χ1n) is 9.72. The third kappa shape index (κ3) is 6.83. The maximum atomic E-state index is 5.67. The van der Waals surface area contributed by atoms with Crippen LogP contribution >= 0.6 is 0 Å². The molecule has 1 nitrogen and oxygen atoms in total. The summed E-state index contributed by atoms with van der Waals surface area (Å²) in [4.78, 5) is 0. The van der Waals surface area contributed by atoms with Crippen LogP contribution in [-0.2, 0) is 0 Å². The fourth-order valence-electron chi connectivity index (χ4n) is 3.36. The van der Waals surface area contributed by atoms with E-state index in [9.17, 15) is 0 Å². The number of hydrogen-bond acceptors (Lipinski definition) is 1. The van der Waals surface area contributed by atoms with Gasteiger partial charge in [-0.05, 0) is 74.3 Å². The van der Waals surface area contributed by atoms with E-state index in [1.54, 1.807) is 0 Å². The number of hydrogen-bond donors (Lipinski definition) is 0. The topological polar surface area (TPSA) is 9.23 Å². The quantitative estimate of drug-likeness (QED) is 0.417. The maximum Gasteiger partial charge on any atom is 0.119 e. The van der Waals surface area contributed by atoms with Gasteiger partial charge in [-0.1, -0.05) is 51.0 Å². The van der Waals surface area contributed by atoms with Crippen LogP contribution in [0.25, 0.3) is 0 Å². The molecule has 0 unspecified atom stereocenters. The molecule has 0 aromatic heterocycles. The molecule has 0 saturated heterocycles. The zero-order valence-electron chi connectivity index (χ0n) is 15.4. The first kappa shape index (κ1) is 18.7. The van der Waals surface area contributed by atoms with E-state index >= 15 is 0 Å². The second kappa shape index (κ2) is 11.0. The third-order valence-corrected chi connectivity index (χ3v) is 4.88. The molecular formula is C23H32O. The molecule has 0 radical (unpaired) electrons. The van der Waals surface area contributed by atoms with Gasteiger partial charge < -0.3 is 4.74 Å². The van der Waals surface area contributed by atoms with Crippen molar-refractivity contribution in [2.24, 2.45) is 11.8 Å². The Morgan fingerprint density at radius 2 is 1.79 bits per heavy atom. The van der Waals surface area contributed by atoms with Gasteiger partial charge in [0.1, 0.15) is 5.75 Å². The number of benzene rings is 1. The normalized spacial score (nSPS) is 20.6. The lowest BCUT2D eigenvalue weighted by molar-refractivity contribution is 0.294. The summed E-state index contributed by atoms with van der Waals surface area (Å²) in [6.07, 6.45) is 14.9. The molecule has 130 valence electrons. The minimum Gasteiger partial charge on any atom is -0.494 e. The minimum absolute atomic E-state index is 0.738. The summed E-state index contributed by atoms with van der Waals surface area (Å²) in [6.45, 7) is 5.27. The van der Waals surface area contributed by atoms with Gasteiger partial charge >= 0.3 is 0 Å². The summed E-state index contributed by atoms with van der Waals surface area (Å²) in [5.41, 5.74) is 1.05. The zero-order valence-corrected chi connectivity index (χ0v) is 15.4. The van der Waals surface area contributed by atoms with Crippen LogP contribution in [0.1, 0.15) is 70.8 Å². The van der Waals surface area contributed by atoms with E-state index in [1.807, 2.05) is 24.3 Å². The van der Waals surface area contributed by atoms with Crippen molar-refractivity contribution < 1.29 is 4.74 Å². The van der Waals surface area contributed by atoms with Crippen molar-refractivity contribution in [1.82, 2.24) is 0 Å². The molecule has 0 N–H and O–H groups in total. The second-order valence-corrected chi connectivity index (χ2v) is 6.92. The average Bonchev–Trinajstić information content (AvgIpc) is 2.62. The molecule has 0 bridgehead atoms. The van der Waals surface area contributed by atoms with Crippen LogP contribution < -0.4 is 4.74 Å². The molecule has 2 rings (SSSR count). The zero-order chi connectivity index (χ0) is 17.0. The Kier molecular flexibility index (Phi) is 8.53. The summed E-state index contributed by atoms with van der Waals surface area (Å²) in [5.74, 6) is 9.05. The smallest absolute Gasteiger partial charge is 0.119 e. The molecule has 1 aromatic carbocycles. The molecule has 1 fully saturated rings. The minimum atomic E-state index is 0.738. The Labute approximate surface area is 148 Å². The van der Waals surface area contributed by atoms with Crippen molar-refractivity contribution in [3.63, 3.8) is 0 Å². The van der Waals surface area contributed by atoms with E-state index in [4.69, 9.17) is 4.74 Å². The predicted octanol–water partition coefficient (Wildman–Crippen LogP) is 6.38. The lowest BCUT2D eigenvalue weighted by Gasteiger charge is -2.26. The van der Waals surface area contributed by atoms with E-state index in [0.29, 0.717) is 0 Å². The van der Waals surface area contributed by atoms with Gasteiger partial charge in [-0.3, -0.25) is 0 Å². The van der Waals surface area contributed by atoms with Crippen LogP contribution in [0, 0.1) is 23.7 Å². The van der Waals surface area contributed by atoms with Crippen LogP contribution in [0.5, 0.6) is 5.75 Å². The van der Waals surface area contributed by atoms with E-state index in [0.717, 1.165) is 42.6 Å². The van der Waals surface area contributed by atoms with Gasteiger partial charge in [-0.15, -0.1) is 0 Å². The standard InChI is InChI=1S/C23H32O/c1-3-5-19-24-23-17-15-22(16-18-23)10-7-6-9-21-13-11-20(8-4-2)12-14-21/h6,9,15-18,20-21H,3-5,8,11-14,19H2,1-2H3/b9-6+/t20-,21-. The summed E-state index contributed by atoms with van der Waals surface area (Å²) in [7, 11) is 0. The predicted molar refractivity (Wildman–Crippen MR) is 103 cm³/mol. The number of unbranched alkanes of at least 4 members (excludes halogenated alkanes) is 1. The summed E-state index contributed by atoms with van der Waals surface area (Å²) < 4.78 is 5.67. The average molecular weight is 325 g/mol. The van der Waals surface area contributed by atoms with Crippen molar-refractivity contribution in [3.05, 3.63) is 42.0 Å².